The zero-order valence-electron chi connectivity index (χ0n) is 14.7. The monoisotopic (exact) mass is 340 g/mol. The average molecular weight is 340 g/mol. The van der Waals surface area contributed by atoms with Crippen molar-refractivity contribution in [1.82, 2.24) is 10.2 Å². The van der Waals surface area contributed by atoms with Crippen LogP contribution in [0, 0.1) is 18.8 Å². The summed E-state index contributed by atoms with van der Waals surface area (Å²) in [5.74, 6) is -1.27. The molecule has 3 atom stereocenters. The first kappa shape index (κ1) is 17.4. The van der Waals surface area contributed by atoms with Gasteiger partial charge in [-0.1, -0.05) is 36.4 Å². The van der Waals surface area contributed by atoms with Crippen molar-refractivity contribution in [3.8, 4) is 0 Å². The second-order valence-electron chi connectivity index (χ2n) is 6.85. The summed E-state index contributed by atoms with van der Waals surface area (Å²) in [5, 5.41) is 2.86. The predicted molar refractivity (Wildman–Crippen MR) is 94.6 cm³/mol. The van der Waals surface area contributed by atoms with Gasteiger partial charge in [-0.05, 0) is 44.2 Å². The molecule has 0 unspecified atom stereocenters. The lowest BCUT2D eigenvalue weighted by molar-refractivity contribution is -0.147. The van der Waals surface area contributed by atoms with Gasteiger partial charge >= 0.3 is 0 Å². The van der Waals surface area contributed by atoms with Crippen LogP contribution in [0.15, 0.2) is 36.4 Å². The number of allylic oxidation sites excluding steroid dienone is 2. The van der Waals surface area contributed by atoms with Gasteiger partial charge in [0.15, 0.2) is 0 Å². The fourth-order valence-electron chi connectivity index (χ4n) is 3.68. The van der Waals surface area contributed by atoms with Crippen LogP contribution in [0.3, 0.4) is 0 Å². The van der Waals surface area contributed by atoms with Crippen molar-refractivity contribution in [3.63, 3.8) is 0 Å². The molecule has 0 radical (unpaired) electrons. The first-order valence-electron chi connectivity index (χ1n) is 8.85. The molecule has 3 amide bonds. The average Bonchev–Trinajstić information content (AvgIpc) is 2.87. The molecule has 1 fully saturated rings. The highest BCUT2D eigenvalue weighted by atomic mass is 16.2. The minimum absolute atomic E-state index is 0.207. The molecule has 25 heavy (non-hydrogen) atoms. The maximum absolute atomic E-state index is 12.5. The van der Waals surface area contributed by atoms with Crippen LogP contribution in [0.4, 0.5) is 0 Å². The van der Waals surface area contributed by atoms with Crippen LogP contribution in [0.25, 0.3) is 0 Å². The van der Waals surface area contributed by atoms with E-state index >= 15 is 0 Å². The van der Waals surface area contributed by atoms with E-state index < -0.39 is 6.04 Å². The molecule has 5 heteroatoms. The molecule has 1 aliphatic carbocycles. The van der Waals surface area contributed by atoms with Gasteiger partial charge in [-0.2, -0.15) is 0 Å². The van der Waals surface area contributed by atoms with Crippen LogP contribution in [0.2, 0.25) is 0 Å². The number of benzene rings is 1. The number of carbonyl (C=O) groups excluding carboxylic acids is 3. The Labute approximate surface area is 148 Å². The van der Waals surface area contributed by atoms with E-state index in [1.54, 1.807) is 6.92 Å². The van der Waals surface area contributed by atoms with Gasteiger partial charge in [-0.15, -0.1) is 0 Å². The molecule has 1 aromatic rings. The van der Waals surface area contributed by atoms with Gasteiger partial charge in [-0.25, -0.2) is 0 Å². The quantitative estimate of drug-likeness (QED) is 0.658. The Morgan fingerprint density at radius 1 is 1.16 bits per heavy atom. The molecule has 132 valence electrons. The van der Waals surface area contributed by atoms with E-state index in [1.807, 2.05) is 43.3 Å². The third-order valence-electron chi connectivity index (χ3n) is 5.26. The fourth-order valence-corrected chi connectivity index (χ4v) is 3.68. The molecule has 3 rings (SSSR count). The van der Waals surface area contributed by atoms with Crippen molar-refractivity contribution >= 4 is 17.7 Å². The Bertz CT molecular complexity index is 699. The molecular formula is C20H24N2O3. The summed E-state index contributed by atoms with van der Waals surface area (Å²) >= 11 is 0. The third kappa shape index (κ3) is 3.36. The third-order valence-corrected chi connectivity index (χ3v) is 5.26. The molecule has 0 bridgehead atoms. The number of imide groups is 1. The minimum Gasteiger partial charge on any atom is -0.354 e. The summed E-state index contributed by atoms with van der Waals surface area (Å²) in [6.07, 6.45) is 5.80. The van der Waals surface area contributed by atoms with Crippen molar-refractivity contribution in [1.29, 1.82) is 0 Å². The molecule has 0 aromatic heterocycles. The van der Waals surface area contributed by atoms with E-state index in [4.69, 9.17) is 0 Å². The van der Waals surface area contributed by atoms with Crippen LogP contribution >= 0.6 is 0 Å². The molecule has 0 saturated carbocycles. The normalized spacial score (nSPS) is 23.5. The van der Waals surface area contributed by atoms with E-state index in [0.29, 0.717) is 19.4 Å². The lowest BCUT2D eigenvalue weighted by Crippen LogP contribution is -2.48. The van der Waals surface area contributed by atoms with E-state index in [-0.39, 0.29) is 29.6 Å². The Hall–Kier alpha value is -2.43. The van der Waals surface area contributed by atoms with Gasteiger partial charge in [0.1, 0.15) is 6.04 Å². The summed E-state index contributed by atoms with van der Waals surface area (Å²) in [7, 11) is 0. The maximum Gasteiger partial charge on any atom is 0.243 e. The standard InChI is InChI=1S/C20H24N2O3/c1-13-7-3-4-8-15(13)11-12-21-18(23)14(2)22-19(24)16-9-5-6-10-17(16)20(22)25/h3-8,14,16-17H,9-12H2,1-2H3,(H,21,23)/t14-,16+,17+/m0/s1. The molecule has 1 aromatic carbocycles. The largest absolute Gasteiger partial charge is 0.354 e. The summed E-state index contributed by atoms with van der Waals surface area (Å²) in [6, 6.07) is 7.28. The van der Waals surface area contributed by atoms with Crippen molar-refractivity contribution in [2.45, 2.75) is 39.2 Å². The Kier molecular flexibility index (Phi) is 5.02. The predicted octanol–water partition coefficient (Wildman–Crippen LogP) is 1.99. The van der Waals surface area contributed by atoms with Gasteiger partial charge in [0.2, 0.25) is 17.7 Å². The highest BCUT2D eigenvalue weighted by Gasteiger charge is 2.49. The Balaban J connectivity index is 1.58. The molecule has 1 saturated heterocycles. The fraction of sp³-hybridized carbons (Fsp3) is 0.450. The molecule has 1 heterocycles. The lowest BCUT2D eigenvalue weighted by atomic mass is 9.85. The van der Waals surface area contributed by atoms with Crippen LogP contribution in [0.5, 0.6) is 0 Å². The topological polar surface area (TPSA) is 66.5 Å². The smallest absolute Gasteiger partial charge is 0.243 e. The Morgan fingerprint density at radius 2 is 1.76 bits per heavy atom. The first-order chi connectivity index (χ1) is 12.0. The van der Waals surface area contributed by atoms with E-state index in [9.17, 15) is 14.4 Å². The van der Waals surface area contributed by atoms with Crippen molar-refractivity contribution in [2.75, 3.05) is 6.54 Å². The van der Waals surface area contributed by atoms with E-state index in [0.717, 1.165) is 6.42 Å². The number of fused-ring (bicyclic) bond motifs is 1. The SMILES string of the molecule is Cc1ccccc1CCNC(=O)[C@H](C)N1C(=O)[C@@H]2CC=CC[C@H]2C1=O. The number of rotatable bonds is 5. The van der Waals surface area contributed by atoms with Gasteiger partial charge in [0.25, 0.3) is 0 Å². The van der Waals surface area contributed by atoms with Crippen molar-refractivity contribution in [3.05, 3.63) is 47.5 Å². The van der Waals surface area contributed by atoms with E-state index in [2.05, 4.69) is 5.32 Å². The molecule has 1 aliphatic heterocycles. The summed E-state index contributed by atoms with van der Waals surface area (Å²) in [5.41, 5.74) is 2.37. The van der Waals surface area contributed by atoms with Crippen LogP contribution in [-0.2, 0) is 20.8 Å². The van der Waals surface area contributed by atoms with E-state index in [1.165, 1.54) is 16.0 Å². The first-order valence-corrected chi connectivity index (χ1v) is 8.85. The molecular weight excluding hydrogens is 316 g/mol. The second kappa shape index (κ2) is 7.21. The van der Waals surface area contributed by atoms with Gasteiger partial charge in [0, 0.05) is 6.54 Å². The number of nitrogens with one attached hydrogen (secondary N) is 1. The van der Waals surface area contributed by atoms with Crippen LogP contribution in [-0.4, -0.2) is 35.2 Å². The highest BCUT2D eigenvalue weighted by Crippen LogP contribution is 2.36. The summed E-state index contributed by atoms with van der Waals surface area (Å²) in [6.45, 7) is 4.15. The van der Waals surface area contributed by atoms with Crippen molar-refractivity contribution < 1.29 is 14.4 Å². The van der Waals surface area contributed by atoms with Gasteiger partial charge < -0.3 is 5.32 Å². The minimum atomic E-state index is -0.762. The number of hydrogen-bond acceptors (Lipinski definition) is 3. The number of hydrogen-bond donors (Lipinski definition) is 1. The summed E-state index contributed by atoms with van der Waals surface area (Å²) in [4.78, 5) is 38.7. The lowest BCUT2D eigenvalue weighted by Gasteiger charge is -2.22. The van der Waals surface area contributed by atoms with Crippen LogP contribution < -0.4 is 5.32 Å². The molecule has 1 N–H and O–H groups in total. The Morgan fingerprint density at radius 3 is 2.36 bits per heavy atom. The number of likely N-dealkylation sites (tertiary alicyclic amines) is 1. The number of nitrogens with zero attached hydrogens (tertiary/aromatic N) is 1. The molecule has 2 aliphatic rings. The zero-order chi connectivity index (χ0) is 18.0. The highest BCUT2D eigenvalue weighted by molar-refractivity contribution is 6.08. The zero-order valence-corrected chi connectivity index (χ0v) is 14.7. The van der Waals surface area contributed by atoms with Crippen LogP contribution in [0.1, 0.15) is 30.9 Å². The number of aryl methyl sites for hydroxylation is 1. The van der Waals surface area contributed by atoms with Crippen molar-refractivity contribution in [2.24, 2.45) is 11.8 Å². The molecule has 5 nitrogen and oxygen atoms in total. The van der Waals surface area contributed by atoms with Gasteiger partial charge in [0.05, 0.1) is 11.8 Å². The number of amides is 3. The summed E-state index contributed by atoms with van der Waals surface area (Å²) < 4.78 is 0. The second-order valence-corrected chi connectivity index (χ2v) is 6.85. The maximum atomic E-state index is 12.5. The van der Waals surface area contributed by atoms with Gasteiger partial charge in [-0.3, -0.25) is 19.3 Å². The number of carbonyl (C=O) groups is 3. The molecule has 0 spiro atoms.